The zero-order valence-corrected chi connectivity index (χ0v) is 28.3. The lowest BCUT2D eigenvalue weighted by atomic mass is 9.86. The van der Waals surface area contributed by atoms with Gasteiger partial charge in [0, 0.05) is 22.7 Å². The fourth-order valence-corrected chi connectivity index (χ4v) is 9.14. The lowest BCUT2D eigenvalue weighted by molar-refractivity contribution is 1.41. The Morgan fingerprint density at radius 1 is 0.412 bits per heavy atom. The van der Waals surface area contributed by atoms with Crippen molar-refractivity contribution >= 4 is 54.0 Å². The average Bonchev–Trinajstić information content (AvgIpc) is 3.79. The second-order valence-corrected chi connectivity index (χ2v) is 14.3. The fourth-order valence-electron chi connectivity index (χ4n) is 8.16. The summed E-state index contributed by atoms with van der Waals surface area (Å²) in [5, 5.41) is 7.38. The Morgan fingerprint density at radius 2 is 1.10 bits per heavy atom. The summed E-state index contributed by atoms with van der Waals surface area (Å²) in [5.41, 5.74) is 15.7. The van der Waals surface area contributed by atoms with Gasteiger partial charge in [-0.25, -0.2) is 4.98 Å². The summed E-state index contributed by atoms with van der Waals surface area (Å²) >= 11 is 1.74. The van der Waals surface area contributed by atoms with E-state index in [9.17, 15) is 0 Å². The average molecular weight is 665 g/mol. The van der Waals surface area contributed by atoms with Crippen LogP contribution in [0.1, 0.15) is 0 Å². The normalized spacial score (nSPS) is 11.9. The van der Waals surface area contributed by atoms with Crippen molar-refractivity contribution in [1.82, 2.24) is 9.97 Å². The molecule has 2 heterocycles. The number of rotatable bonds is 4. The Labute approximate surface area is 299 Å². The van der Waals surface area contributed by atoms with E-state index in [0.29, 0.717) is 0 Å². The number of benzene rings is 8. The van der Waals surface area contributed by atoms with Crippen LogP contribution < -0.4 is 0 Å². The molecule has 0 amide bonds. The molecule has 0 unspecified atom stereocenters. The predicted molar refractivity (Wildman–Crippen MR) is 216 cm³/mol. The topological polar surface area (TPSA) is 25.8 Å². The second-order valence-electron chi connectivity index (χ2n) is 13.3. The maximum atomic E-state index is 4.89. The Kier molecular flexibility index (Phi) is 6.16. The van der Waals surface area contributed by atoms with Crippen LogP contribution in [0.4, 0.5) is 0 Å². The van der Waals surface area contributed by atoms with Crippen molar-refractivity contribution in [1.29, 1.82) is 0 Å². The van der Waals surface area contributed by atoms with Crippen LogP contribution in [-0.2, 0) is 0 Å². The molecule has 8 aromatic carbocycles. The van der Waals surface area contributed by atoms with Crippen LogP contribution in [0, 0.1) is 0 Å². The van der Waals surface area contributed by atoms with Crippen molar-refractivity contribution in [2.45, 2.75) is 0 Å². The number of para-hydroxylation sites is 2. The summed E-state index contributed by atoms with van der Waals surface area (Å²) in [6.45, 7) is 0. The molecule has 1 aliphatic carbocycles. The van der Waals surface area contributed by atoms with E-state index < -0.39 is 0 Å². The van der Waals surface area contributed by atoms with E-state index in [0.717, 1.165) is 32.6 Å². The first kappa shape index (κ1) is 28.4. The number of thiazole rings is 1. The van der Waals surface area contributed by atoms with Crippen LogP contribution in [0.25, 0.3) is 109 Å². The monoisotopic (exact) mass is 664 g/mol. The largest absolute Gasteiger partial charge is 0.256 e. The van der Waals surface area contributed by atoms with Gasteiger partial charge in [-0.3, -0.25) is 4.98 Å². The van der Waals surface area contributed by atoms with Crippen LogP contribution in [0.5, 0.6) is 0 Å². The maximum absolute atomic E-state index is 4.89. The highest BCUT2D eigenvalue weighted by molar-refractivity contribution is 7.21. The minimum Gasteiger partial charge on any atom is -0.256 e. The van der Waals surface area contributed by atoms with Gasteiger partial charge in [-0.1, -0.05) is 140 Å². The number of fused-ring (bicyclic) bond motifs is 7. The van der Waals surface area contributed by atoms with Crippen molar-refractivity contribution < 1.29 is 0 Å². The second kappa shape index (κ2) is 11.0. The quantitative estimate of drug-likeness (QED) is 0.175. The highest BCUT2D eigenvalue weighted by Crippen LogP contribution is 2.54. The van der Waals surface area contributed by atoms with Crippen LogP contribution >= 0.6 is 11.3 Å². The van der Waals surface area contributed by atoms with Gasteiger partial charge in [-0.15, -0.1) is 11.3 Å². The summed E-state index contributed by atoms with van der Waals surface area (Å²) < 4.78 is 1.21. The van der Waals surface area contributed by atoms with Gasteiger partial charge >= 0.3 is 0 Å². The minimum absolute atomic E-state index is 1.03. The highest BCUT2D eigenvalue weighted by Gasteiger charge is 2.26. The predicted octanol–water partition coefficient (Wildman–Crippen LogP) is 13.5. The summed E-state index contributed by atoms with van der Waals surface area (Å²) in [6, 6.07) is 59.6. The van der Waals surface area contributed by atoms with Crippen molar-refractivity contribution in [2.75, 3.05) is 0 Å². The number of nitrogens with zero attached hydrogens (tertiary/aromatic N) is 2. The third-order valence-corrected chi connectivity index (χ3v) is 11.6. The van der Waals surface area contributed by atoms with Gasteiger partial charge in [0.2, 0.25) is 0 Å². The van der Waals surface area contributed by atoms with E-state index in [2.05, 4.69) is 158 Å². The standard InChI is InChI=1S/C48H28N2S/c1-2-11-37-36(10-1)38-13-6-14-40-44(31-21-19-30(20-22-31)35-12-5-8-32-9-7-27-49-47(32)35)39-26-25-34(28-41(39)46(37)45(38)40)29-17-23-33(24-18-29)48-50-42-15-3-4-16-43(42)51-48/h1-28H. The third kappa shape index (κ3) is 4.35. The first-order valence-corrected chi connectivity index (χ1v) is 18.1. The Morgan fingerprint density at radius 3 is 1.98 bits per heavy atom. The fraction of sp³-hybridized carbons (Fsp3) is 0. The lowest BCUT2D eigenvalue weighted by Gasteiger charge is -2.17. The molecule has 3 heteroatoms. The molecule has 0 saturated heterocycles. The van der Waals surface area contributed by atoms with E-state index in [1.165, 1.54) is 76.3 Å². The molecule has 0 bridgehead atoms. The van der Waals surface area contributed by atoms with Crippen LogP contribution in [0.2, 0.25) is 0 Å². The van der Waals surface area contributed by atoms with Gasteiger partial charge in [0.25, 0.3) is 0 Å². The molecule has 0 aliphatic heterocycles. The van der Waals surface area contributed by atoms with E-state index in [-0.39, 0.29) is 0 Å². The van der Waals surface area contributed by atoms with Crippen molar-refractivity contribution in [2.24, 2.45) is 0 Å². The molecular formula is C48H28N2S. The summed E-state index contributed by atoms with van der Waals surface area (Å²) in [4.78, 5) is 9.62. The van der Waals surface area contributed by atoms with E-state index in [1.807, 2.05) is 12.3 Å². The molecule has 2 aromatic heterocycles. The summed E-state index contributed by atoms with van der Waals surface area (Å²) in [6.07, 6.45) is 1.88. The van der Waals surface area contributed by atoms with Crippen LogP contribution in [0.15, 0.2) is 170 Å². The SMILES string of the molecule is c1ccc2c(c1)-c1cccc3c(-c4ccc(-c5cccc6cccnc56)cc4)c4ccc(-c5ccc(-c6nc7ccccc7s6)cc5)cc4c-2c13. The van der Waals surface area contributed by atoms with Gasteiger partial charge in [-0.2, -0.15) is 0 Å². The van der Waals surface area contributed by atoms with Crippen LogP contribution in [0.3, 0.4) is 0 Å². The zero-order chi connectivity index (χ0) is 33.5. The Hall–Kier alpha value is -6.42. The highest BCUT2D eigenvalue weighted by atomic mass is 32.1. The van der Waals surface area contributed by atoms with Gasteiger partial charge in [0.1, 0.15) is 5.01 Å². The molecule has 2 nitrogen and oxygen atoms in total. The molecule has 0 radical (unpaired) electrons. The molecule has 0 fully saturated rings. The minimum atomic E-state index is 1.03. The number of hydrogen-bond donors (Lipinski definition) is 0. The van der Waals surface area contributed by atoms with E-state index in [4.69, 9.17) is 9.97 Å². The Bertz CT molecular complexity index is 2970. The first-order chi connectivity index (χ1) is 25.3. The van der Waals surface area contributed by atoms with Gasteiger partial charge in [-0.05, 0) is 95.9 Å². The molecule has 1 aliphatic rings. The Balaban J connectivity index is 1.09. The molecule has 10 aromatic rings. The molecule has 11 rings (SSSR count). The third-order valence-electron chi connectivity index (χ3n) is 10.5. The molecule has 0 saturated carbocycles. The molecule has 0 spiro atoms. The smallest absolute Gasteiger partial charge is 0.124 e. The maximum Gasteiger partial charge on any atom is 0.124 e. The zero-order valence-electron chi connectivity index (χ0n) is 27.5. The number of hydrogen-bond acceptors (Lipinski definition) is 3. The summed E-state index contributed by atoms with van der Waals surface area (Å²) in [7, 11) is 0. The van der Waals surface area contributed by atoms with Crippen molar-refractivity contribution in [3.8, 4) is 66.2 Å². The van der Waals surface area contributed by atoms with Crippen molar-refractivity contribution in [3.05, 3.63) is 170 Å². The molecule has 0 atom stereocenters. The first-order valence-electron chi connectivity index (χ1n) is 17.3. The number of pyridine rings is 1. The van der Waals surface area contributed by atoms with Crippen molar-refractivity contribution in [3.63, 3.8) is 0 Å². The molecule has 236 valence electrons. The number of aromatic nitrogens is 2. The molecular weight excluding hydrogens is 637 g/mol. The van der Waals surface area contributed by atoms with E-state index in [1.54, 1.807) is 11.3 Å². The molecule has 0 N–H and O–H groups in total. The summed E-state index contributed by atoms with van der Waals surface area (Å²) in [5.74, 6) is 0. The molecule has 51 heavy (non-hydrogen) atoms. The van der Waals surface area contributed by atoms with Gasteiger partial charge in [0.05, 0.1) is 15.7 Å². The van der Waals surface area contributed by atoms with Crippen LogP contribution in [-0.4, -0.2) is 9.97 Å². The van der Waals surface area contributed by atoms with Gasteiger partial charge in [0.15, 0.2) is 0 Å². The van der Waals surface area contributed by atoms with E-state index >= 15 is 0 Å². The lowest BCUT2D eigenvalue weighted by Crippen LogP contribution is -1.90. The van der Waals surface area contributed by atoms with Gasteiger partial charge < -0.3 is 0 Å².